The highest BCUT2D eigenvalue weighted by atomic mass is 16.5. The Kier molecular flexibility index (Phi) is 3.61. The maximum absolute atomic E-state index is 11.9. The van der Waals surface area contributed by atoms with Gasteiger partial charge in [0.05, 0.1) is 0 Å². The van der Waals surface area contributed by atoms with Crippen LogP contribution in [0, 0.1) is 6.92 Å². The Morgan fingerprint density at radius 1 is 1.32 bits per heavy atom. The molecule has 1 atom stereocenters. The van der Waals surface area contributed by atoms with Crippen molar-refractivity contribution in [2.45, 2.75) is 13.0 Å². The molecule has 0 radical (unpaired) electrons. The summed E-state index contributed by atoms with van der Waals surface area (Å²) in [6.07, 6.45) is 1.33. The lowest BCUT2D eigenvalue weighted by Gasteiger charge is -2.13. The Labute approximate surface area is 109 Å². The number of carbonyl (C=O) groups excluding carboxylic acids is 1. The smallest absolute Gasteiger partial charge is 0.330 e. The van der Waals surface area contributed by atoms with E-state index >= 15 is 0 Å². The van der Waals surface area contributed by atoms with Gasteiger partial charge >= 0.3 is 5.97 Å². The second kappa shape index (κ2) is 5.34. The van der Waals surface area contributed by atoms with Crippen LogP contribution in [-0.2, 0) is 4.79 Å². The Balaban J connectivity index is 2.21. The molecule has 0 spiro atoms. The summed E-state index contributed by atoms with van der Waals surface area (Å²) in [6.45, 7) is 1.66. The van der Waals surface area contributed by atoms with E-state index in [1.807, 2.05) is 0 Å². The summed E-state index contributed by atoms with van der Waals surface area (Å²) in [4.78, 5) is 23.1. The summed E-state index contributed by atoms with van der Waals surface area (Å²) in [5.41, 5.74) is 1.13. The summed E-state index contributed by atoms with van der Waals surface area (Å²) < 4.78 is 4.66. The number of nitrogens with zero attached hydrogens (tertiary/aromatic N) is 1. The third-order valence-corrected chi connectivity index (χ3v) is 2.62. The Bertz CT molecular complexity index is 592. The number of nitrogens with one attached hydrogen (secondary N) is 1. The van der Waals surface area contributed by atoms with E-state index in [1.54, 1.807) is 37.3 Å². The first-order chi connectivity index (χ1) is 9.09. The van der Waals surface area contributed by atoms with Crippen LogP contribution in [0.25, 0.3) is 0 Å². The van der Waals surface area contributed by atoms with E-state index in [4.69, 9.17) is 0 Å². The molecule has 1 aromatic heterocycles. The van der Waals surface area contributed by atoms with E-state index < -0.39 is 17.9 Å². The molecule has 0 aliphatic rings. The lowest BCUT2D eigenvalue weighted by atomic mass is 10.1. The Morgan fingerprint density at radius 3 is 2.53 bits per heavy atom. The average Bonchev–Trinajstić information content (AvgIpc) is 2.82. The van der Waals surface area contributed by atoms with Crippen LogP contribution >= 0.6 is 0 Å². The first kappa shape index (κ1) is 12.8. The van der Waals surface area contributed by atoms with Crippen LogP contribution in [0.15, 0.2) is 41.1 Å². The maximum atomic E-state index is 11.9. The van der Waals surface area contributed by atoms with Gasteiger partial charge < -0.3 is 14.9 Å². The van der Waals surface area contributed by atoms with Crippen molar-refractivity contribution in [3.8, 4) is 0 Å². The van der Waals surface area contributed by atoms with Gasteiger partial charge in [0.15, 0.2) is 11.7 Å². The molecule has 1 heterocycles. The van der Waals surface area contributed by atoms with Crippen molar-refractivity contribution in [3.05, 3.63) is 53.4 Å². The van der Waals surface area contributed by atoms with E-state index in [9.17, 15) is 14.7 Å². The molecule has 2 rings (SSSR count). The third kappa shape index (κ3) is 2.79. The zero-order valence-corrected chi connectivity index (χ0v) is 10.2. The molecule has 1 amide bonds. The largest absolute Gasteiger partial charge is 0.479 e. The van der Waals surface area contributed by atoms with Crippen molar-refractivity contribution in [2.24, 2.45) is 0 Å². The normalized spacial score (nSPS) is 11.8. The molecule has 6 heteroatoms. The van der Waals surface area contributed by atoms with Gasteiger partial charge in [-0.1, -0.05) is 35.5 Å². The van der Waals surface area contributed by atoms with Crippen molar-refractivity contribution >= 4 is 11.9 Å². The molecule has 1 aromatic carbocycles. The first-order valence-electron chi connectivity index (χ1n) is 5.59. The molecule has 1 unspecified atom stereocenters. The van der Waals surface area contributed by atoms with Gasteiger partial charge in [-0.15, -0.1) is 0 Å². The predicted molar refractivity (Wildman–Crippen MR) is 65.5 cm³/mol. The number of aryl methyl sites for hydroxylation is 1. The highest BCUT2D eigenvalue weighted by Gasteiger charge is 2.24. The topological polar surface area (TPSA) is 92.4 Å². The second-order valence-electron chi connectivity index (χ2n) is 4.00. The van der Waals surface area contributed by atoms with Crippen molar-refractivity contribution in [1.82, 2.24) is 10.5 Å². The molecule has 6 nitrogen and oxygen atoms in total. The zero-order chi connectivity index (χ0) is 13.8. The fraction of sp³-hybridized carbons (Fsp3) is 0.154. The highest BCUT2D eigenvalue weighted by Crippen LogP contribution is 2.14. The average molecular weight is 260 g/mol. The van der Waals surface area contributed by atoms with Crippen molar-refractivity contribution in [1.29, 1.82) is 0 Å². The lowest BCUT2D eigenvalue weighted by molar-refractivity contribution is -0.139. The van der Waals surface area contributed by atoms with Crippen LogP contribution in [0.3, 0.4) is 0 Å². The number of aromatic nitrogens is 1. The van der Waals surface area contributed by atoms with Crippen molar-refractivity contribution < 1.29 is 19.2 Å². The SMILES string of the molecule is Cc1conc1C(=O)NC(C(=O)O)c1ccccc1. The van der Waals surface area contributed by atoms with Gasteiger partial charge in [-0.3, -0.25) is 4.79 Å². The van der Waals surface area contributed by atoms with Crippen molar-refractivity contribution in [2.75, 3.05) is 0 Å². The van der Waals surface area contributed by atoms with Gasteiger partial charge in [-0.25, -0.2) is 4.79 Å². The van der Waals surface area contributed by atoms with Gasteiger partial charge in [0.2, 0.25) is 0 Å². The number of carbonyl (C=O) groups is 2. The molecule has 19 heavy (non-hydrogen) atoms. The molecular weight excluding hydrogens is 248 g/mol. The van der Waals surface area contributed by atoms with Crippen LogP contribution in [0.4, 0.5) is 0 Å². The number of aliphatic carboxylic acids is 1. The van der Waals surface area contributed by atoms with Crippen LogP contribution < -0.4 is 5.32 Å². The molecule has 0 bridgehead atoms. The monoisotopic (exact) mass is 260 g/mol. The Hall–Kier alpha value is -2.63. The number of hydrogen-bond acceptors (Lipinski definition) is 4. The van der Waals surface area contributed by atoms with Crippen LogP contribution in [0.1, 0.15) is 27.7 Å². The van der Waals surface area contributed by atoms with Gasteiger partial charge in [-0.05, 0) is 12.5 Å². The van der Waals surface area contributed by atoms with Gasteiger partial charge in [0.25, 0.3) is 5.91 Å². The second-order valence-corrected chi connectivity index (χ2v) is 4.00. The lowest BCUT2D eigenvalue weighted by Crippen LogP contribution is -2.34. The third-order valence-electron chi connectivity index (χ3n) is 2.62. The predicted octanol–water partition coefficient (Wildman–Crippen LogP) is 1.54. The minimum atomic E-state index is -1.14. The zero-order valence-electron chi connectivity index (χ0n) is 10.2. The van der Waals surface area contributed by atoms with E-state index in [0.29, 0.717) is 11.1 Å². The summed E-state index contributed by atoms with van der Waals surface area (Å²) in [7, 11) is 0. The molecular formula is C13H12N2O4. The molecule has 0 saturated carbocycles. The van der Waals surface area contributed by atoms with Crippen LogP contribution in [0.5, 0.6) is 0 Å². The fourth-order valence-electron chi connectivity index (χ4n) is 1.64. The number of hydrogen-bond donors (Lipinski definition) is 2. The van der Waals surface area contributed by atoms with Gasteiger partial charge in [-0.2, -0.15) is 0 Å². The molecule has 0 aliphatic heterocycles. The number of carboxylic acid groups (broad SMARTS) is 1. The molecule has 2 N–H and O–H groups in total. The Morgan fingerprint density at radius 2 is 2.00 bits per heavy atom. The summed E-state index contributed by atoms with van der Waals surface area (Å²) in [5.74, 6) is -1.72. The number of carboxylic acids is 1. The number of rotatable bonds is 4. The van der Waals surface area contributed by atoms with Crippen LogP contribution in [0.2, 0.25) is 0 Å². The van der Waals surface area contributed by atoms with Crippen molar-refractivity contribution in [3.63, 3.8) is 0 Å². The minimum absolute atomic E-state index is 0.0854. The van der Waals surface area contributed by atoms with E-state index in [-0.39, 0.29) is 5.69 Å². The van der Waals surface area contributed by atoms with Crippen LogP contribution in [-0.4, -0.2) is 22.1 Å². The molecule has 0 fully saturated rings. The molecule has 98 valence electrons. The number of amides is 1. The summed E-state index contributed by atoms with van der Waals surface area (Å²) >= 11 is 0. The standard InChI is InChI=1S/C13H12N2O4/c1-8-7-19-15-10(8)12(16)14-11(13(17)18)9-5-3-2-4-6-9/h2-7,11H,1H3,(H,14,16)(H,17,18). The van der Waals surface area contributed by atoms with Gasteiger partial charge in [0.1, 0.15) is 6.26 Å². The summed E-state index contributed by atoms with van der Waals surface area (Å²) in [6, 6.07) is 7.33. The quantitative estimate of drug-likeness (QED) is 0.869. The molecule has 2 aromatic rings. The number of benzene rings is 1. The highest BCUT2D eigenvalue weighted by molar-refractivity contribution is 5.96. The molecule has 0 saturated heterocycles. The minimum Gasteiger partial charge on any atom is -0.479 e. The van der Waals surface area contributed by atoms with Gasteiger partial charge in [0, 0.05) is 5.56 Å². The molecule has 0 aliphatic carbocycles. The van der Waals surface area contributed by atoms with E-state index in [1.165, 1.54) is 6.26 Å². The fourth-order valence-corrected chi connectivity index (χ4v) is 1.64. The van der Waals surface area contributed by atoms with E-state index in [2.05, 4.69) is 15.0 Å². The maximum Gasteiger partial charge on any atom is 0.330 e. The first-order valence-corrected chi connectivity index (χ1v) is 5.59. The summed E-state index contributed by atoms with van der Waals surface area (Å²) in [5, 5.41) is 15.1. The van der Waals surface area contributed by atoms with E-state index in [0.717, 1.165) is 0 Å².